The number of phenolic OH excluding ortho intramolecular Hbond substituents is 2. The first kappa shape index (κ1) is 13.9. The van der Waals surface area contributed by atoms with Crippen LogP contribution in [0.3, 0.4) is 0 Å². The van der Waals surface area contributed by atoms with Crippen LogP contribution in [0.4, 0.5) is 10.1 Å². The number of fused-ring (bicyclic) bond motifs is 1. The summed E-state index contributed by atoms with van der Waals surface area (Å²) < 4.78 is 12.8. The van der Waals surface area contributed by atoms with Gasteiger partial charge in [0.15, 0.2) is 0 Å². The Kier molecular flexibility index (Phi) is 3.39. The third-order valence-electron chi connectivity index (χ3n) is 3.32. The number of phenols is 2. The molecule has 110 valence electrons. The molecule has 0 radical (unpaired) electrons. The Morgan fingerprint density at radius 2 is 1.68 bits per heavy atom. The summed E-state index contributed by atoms with van der Waals surface area (Å²) in [6.45, 7) is 0. The van der Waals surface area contributed by atoms with Crippen LogP contribution in [-0.2, 0) is 0 Å². The van der Waals surface area contributed by atoms with Crippen LogP contribution in [0.1, 0.15) is 10.4 Å². The first-order chi connectivity index (χ1) is 10.5. The number of benzene rings is 3. The Labute approximate surface area is 125 Å². The number of amides is 1. The molecule has 3 aromatic rings. The van der Waals surface area contributed by atoms with Crippen molar-refractivity contribution in [2.45, 2.75) is 0 Å². The number of carbonyl (C=O) groups is 1. The van der Waals surface area contributed by atoms with Gasteiger partial charge in [-0.15, -0.1) is 0 Å². The molecule has 0 bridgehead atoms. The standard InChI is InChI=1S/C17H12FNO3/c18-11-4-6-12(7-5-11)19-17(22)14-8-10-2-1-3-15(20)13(10)9-16(14)21/h1-9,20-21H,(H,19,22). The topological polar surface area (TPSA) is 69.6 Å². The second kappa shape index (κ2) is 5.37. The maximum absolute atomic E-state index is 12.8. The number of aromatic hydroxyl groups is 2. The van der Waals surface area contributed by atoms with E-state index >= 15 is 0 Å². The summed E-state index contributed by atoms with van der Waals surface area (Å²) in [7, 11) is 0. The Balaban J connectivity index is 1.97. The summed E-state index contributed by atoms with van der Waals surface area (Å²) >= 11 is 0. The number of rotatable bonds is 2. The van der Waals surface area contributed by atoms with Crippen molar-refractivity contribution < 1.29 is 19.4 Å². The molecule has 0 saturated carbocycles. The lowest BCUT2D eigenvalue weighted by Gasteiger charge is -2.09. The van der Waals surface area contributed by atoms with Crippen molar-refractivity contribution in [3.63, 3.8) is 0 Å². The van der Waals surface area contributed by atoms with Crippen LogP contribution in [-0.4, -0.2) is 16.1 Å². The minimum absolute atomic E-state index is 0.0262. The average Bonchev–Trinajstić information content (AvgIpc) is 2.50. The van der Waals surface area contributed by atoms with Gasteiger partial charge in [-0.25, -0.2) is 4.39 Å². The van der Waals surface area contributed by atoms with Gasteiger partial charge in [-0.1, -0.05) is 12.1 Å². The molecule has 3 aromatic carbocycles. The molecule has 1 amide bonds. The highest BCUT2D eigenvalue weighted by molar-refractivity contribution is 6.09. The zero-order valence-electron chi connectivity index (χ0n) is 11.4. The molecular weight excluding hydrogens is 285 g/mol. The van der Waals surface area contributed by atoms with Crippen LogP contribution in [0.5, 0.6) is 11.5 Å². The maximum atomic E-state index is 12.8. The van der Waals surface area contributed by atoms with Crippen LogP contribution in [0, 0.1) is 5.82 Å². The van der Waals surface area contributed by atoms with Gasteiger partial charge in [0.25, 0.3) is 5.91 Å². The van der Waals surface area contributed by atoms with E-state index in [1.165, 1.54) is 42.5 Å². The first-order valence-electron chi connectivity index (χ1n) is 6.56. The van der Waals surface area contributed by atoms with Gasteiger partial charge in [0.1, 0.15) is 17.3 Å². The summed E-state index contributed by atoms with van der Waals surface area (Å²) in [5.74, 6) is -1.14. The normalized spacial score (nSPS) is 10.6. The van der Waals surface area contributed by atoms with Crippen molar-refractivity contribution in [2.75, 3.05) is 5.32 Å². The average molecular weight is 297 g/mol. The van der Waals surface area contributed by atoms with Crippen molar-refractivity contribution in [3.8, 4) is 11.5 Å². The van der Waals surface area contributed by atoms with Crippen LogP contribution in [0.25, 0.3) is 10.8 Å². The summed E-state index contributed by atoms with van der Waals surface area (Å²) in [6.07, 6.45) is 0. The van der Waals surface area contributed by atoms with Gasteiger partial charge >= 0.3 is 0 Å². The molecular formula is C17H12FNO3. The summed E-state index contributed by atoms with van der Waals surface area (Å²) in [5.41, 5.74) is 0.490. The van der Waals surface area contributed by atoms with Gasteiger partial charge in [-0.3, -0.25) is 4.79 Å². The van der Waals surface area contributed by atoms with Crippen LogP contribution < -0.4 is 5.32 Å². The van der Waals surface area contributed by atoms with Crippen molar-refractivity contribution in [3.05, 3.63) is 66.0 Å². The van der Waals surface area contributed by atoms with Gasteiger partial charge in [0, 0.05) is 11.1 Å². The molecule has 4 nitrogen and oxygen atoms in total. The predicted molar refractivity (Wildman–Crippen MR) is 81.6 cm³/mol. The Morgan fingerprint density at radius 3 is 2.41 bits per heavy atom. The van der Waals surface area contributed by atoms with Crippen molar-refractivity contribution in [1.29, 1.82) is 0 Å². The fraction of sp³-hybridized carbons (Fsp3) is 0. The van der Waals surface area contributed by atoms with E-state index in [-0.39, 0.29) is 17.1 Å². The SMILES string of the molecule is O=C(Nc1ccc(F)cc1)c1cc2cccc(O)c2cc1O. The number of anilines is 1. The van der Waals surface area contributed by atoms with Crippen molar-refractivity contribution in [1.82, 2.24) is 0 Å². The van der Waals surface area contributed by atoms with Gasteiger partial charge in [-0.2, -0.15) is 0 Å². The van der Waals surface area contributed by atoms with E-state index in [9.17, 15) is 19.4 Å². The number of carbonyl (C=O) groups excluding carboxylic acids is 1. The lowest BCUT2D eigenvalue weighted by Crippen LogP contribution is -2.12. The predicted octanol–water partition coefficient (Wildman–Crippen LogP) is 3.64. The smallest absolute Gasteiger partial charge is 0.259 e. The fourth-order valence-electron chi connectivity index (χ4n) is 2.21. The van der Waals surface area contributed by atoms with Crippen LogP contribution in [0.2, 0.25) is 0 Å². The largest absolute Gasteiger partial charge is 0.507 e. The second-order valence-corrected chi connectivity index (χ2v) is 4.83. The van der Waals surface area contributed by atoms with E-state index in [0.29, 0.717) is 16.5 Å². The summed E-state index contributed by atoms with van der Waals surface area (Å²) in [6, 6.07) is 13.0. The minimum Gasteiger partial charge on any atom is -0.507 e. The van der Waals surface area contributed by atoms with Gasteiger partial charge in [0.05, 0.1) is 5.56 Å². The molecule has 0 saturated heterocycles. The van der Waals surface area contributed by atoms with E-state index < -0.39 is 11.7 Å². The third-order valence-corrected chi connectivity index (χ3v) is 3.32. The molecule has 22 heavy (non-hydrogen) atoms. The van der Waals surface area contributed by atoms with Gasteiger partial charge < -0.3 is 15.5 Å². The zero-order valence-corrected chi connectivity index (χ0v) is 11.4. The van der Waals surface area contributed by atoms with E-state index in [4.69, 9.17) is 0 Å². The molecule has 0 fully saturated rings. The van der Waals surface area contributed by atoms with Gasteiger partial charge in [-0.05, 0) is 47.9 Å². The summed E-state index contributed by atoms with van der Waals surface area (Å²) in [5, 5.41) is 23.4. The Bertz CT molecular complexity index is 860. The molecule has 0 atom stereocenters. The van der Waals surface area contributed by atoms with Crippen LogP contribution in [0.15, 0.2) is 54.6 Å². The second-order valence-electron chi connectivity index (χ2n) is 4.83. The number of hydrogen-bond acceptors (Lipinski definition) is 3. The first-order valence-corrected chi connectivity index (χ1v) is 6.56. The molecule has 0 aliphatic heterocycles. The number of hydrogen-bond donors (Lipinski definition) is 3. The van der Waals surface area contributed by atoms with E-state index in [1.54, 1.807) is 12.1 Å². The van der Waals surface area contributed by atoms with Gasteiger partial charge in [0.2, 0.25) is 0 Å². The fourth-order valence-corrected chi connectivity index (χ4v) is 2.21. The molecule has 3 rings (SSSR count). The number of halogens is 1. The van der Waals surface area contributed by atoms with E-state index in [1.807, 2.05) is 0 Å². The van der Waals surface area contributed by atoms with Crippen LogP contribution >= 0.6 is 0 Å². The van der Waals surface area contributed by atoms with E-state index in [0.717, 1.165) is 0 Å². The minimum atomic E-state index is -0.519. The lowest BCUT2D eigenvalue weighted by atomic mass is 10.0. The lowest BCUT2D eigenvalue weighted by molar-refractivity contribution is 0.102. The highest BCUT2D eigenvalue weighted by Crippen LogP contribution is 2.31. The Hall–Kier alpha value is -3.08. The Morgan fingerprint density at radius 1 is 0.955 bits per heavy atom. The molecule has 3 N–H and O–H groups in total. The van der Waals surface area contributed by atoms with Crippen molar-refractivity contribution in [2.24, 2.45) is 0 Å². The highest BCUT2D eigenvalue weighted by atomic mass is 19.1. The maximum Gasteiger partial charge on any atom is 0.259 e. The molecule has 0 aliphatic carbocycles. The molecule has 0 heterocycles. The molecule has 0 aliphatic rings. The zero-order chi connectivity index (χ0) is 15.7. The molecule has 5 heteroatoms. The van der Waals surface area contributed by atoms with Crippen molar-refractivity contribution >= 4 is 22.4 Å². The highest BCUT2D eigenvalue weighted by Gasteiger charge is 2.14. The third kappa shape index (κ3) is 2.56. The molecule has 0 spiro atoms. The number of nitrogens with one attached hydrogen (secondary N) is 1. The van der Waals surface area contributed by atoms with E-state index in [2.05, 4.69) is 5.32 Å². The monoisotopic (exact) mass is 297 g/mol. The quantitative estimate of drug-likeness (QED) is 0.676. The molecule has 0 unspecified atom stereocenters. The summed E-state index contributed by atoms with van der Waals surface area (Å²) in [4.78, 5) is 12.2. The molecule has 0 aromatic heterocycles.